The molecular formula is C12H18ClN3O2. The largest absolute Gasteiger partial charge is 0.467 e. The maximum atomic E-state index is 5.86. The van der Waals surface area contributed by atoms with E-state index >= 15 is 0 Å². The number of nitrogens with zero attached hydrogens (tertiary/aromatic N) is 3. The van der Waals surface area contributed by atoms with E-state index in [0.717, 1.165) is 12.8 Å². The van der Waals surface area contributed by atoms with Crippen LogP contribution < -0.4 is 9.47 Å². The summed E-state index contributed by atoms with van der Waals surface area (Å²) in [5.74, 6) is 0.570. The van der Waals surface area contributed by atoms with E-state index in [0.29, 0.717) is 5.92 Å². The summed E-state index contributed by atoms with van der Waals surface area (Å²) in [4.78, 5) is 11.9. The minimum Gasteiger partial charge on any atom is -0.467 e. The highest BCUT2D eigenvalue weighted by molar-refractivity contribution is 6.28. The highest BCUT2D eigenvalue weighted by Crippen LogP contribution is 2.29. The number of hydrogen-bond donors (Lipinski definition) is 0. The van der Waals surface area contributed by atoms with Crippen molar-refractivity contribution in [2.24, 2.45) is 5.92 Å². The van der Waals surface area contributed by atoms with E-state index in [9.17, 15) is 0 Å². The van der Waals surface area contributed by atoms with Crippen LogP contribution in [0.1, 0.15) is 39.0 Å². The number of rotatable bonds is 4. The highest BCUT2D eigenvalue weighted by atomic mass is 35.5. The van der Waals surface area contributed by atoms with E-state index in [1.165, 1.54) is 26.4 Å². The monoisotopic (exact) mass is 271 g/mol. The molecule has 1 aliphatic carbocycles. The first-order valence-electron chi connectivity index (χ1n) is 6.35. The maximum absolute atomic E-state index is 5.86. The van der Waals surface area contributed by atoms with Gasteiger partial charge in [-0.05, 0) is 43.2 Å². The van der Waals surface area contributed by atoms with Gasteiger partial charge in [0.25, 0.3) is 0 Å². The van der Waals surface area contributed by atoms with Gasteiger partial charge in [-0.3, -0.25) is 0 Å². The average molecular weight is 272 g/mol. The second-order valence-electron chi connectivity index (χ2n) is 4.48. The molecule has 6 heteroatoms. The summed E-state index contributed by atoms with van der Waals surface area (Å²) in [5, 5.41) is 0.0979. The quantitative estimate of drug-likeness (QED) is 0.843. The van der Waals surface area contributed by atoms with E-state index < -0.39 is 0 Å². The molecule has 1 aromatic heterocycles. The van der Waals surface area contributed by atoms with Crippen LogP contribution in [0.15, 0.2) is 0 Å². The molecule has 2 unspecified atom stereocenters. The van der Waals surface area contributed by atoms with Crippen molar-refractivity contribution in [1.29, 1.82) is 0 Å². The summed E-state index contributed by atoms with van der Waals surface area (Å²) in [7, 11) is 1.49. The van der Waals surface area contributed by atoms with Gasteiger partial charge < -0.3 is 9.47 Å². The average Bonchev–Trinajstić information content (AvgIpc) is 2.38. The fraction of sp³-hybridized carbons (Fsp3) is 0.750. The Labute approximate surface area is 112 Å². The van der Waals surface area contributed by atoms with Crippen LogP contribution >= 0.6 is 11.6 Å². The zero-order valence-corrected chi connectivity index (χ0v) is 11.5. The maximum Gasteiger partial charge on any atom is 0.324 e. The zero-order valence-electron chi connectivity index (χ0n) is 10.7. The number of methoxy groups -OCH3 is 1. The van der Waals surface area contributed by atoms with Crippen LogP contribution in [-0.4, -0.2) is 28.2 Å². The van der Waals surface area contributed by atoms with Gasteiger partial charge in [-0.25, -0.2) is 0 Å². The SMILES string of the molecule is CCC1CCCCC1Oc1nc(Cl)nc(OC)n1. The first-order valence-corrected chi connectivity index (χ1v) is 6.73. The lowest BCUT2D eigenvalue weighted by molar-refractivity contribution is 0.0797. The summed E-state index contributed by atoms with van der Waals surface area (Å²) >= 11 is 5.79. The smallest absolute Gasteiger partial charge is 0.324 e. The van der Waals surface area contributed by atoms with Gasteiger partial charge >= 0.3 is 12.0 Å². The first kappa shape index (κ1) is 13.3. The Kier molecular flexibility index (Phi) is 4.58. The second kappa shape index (κ2) is 6.18. The van der Waals surface area contributed by atoms with Crippen LogP contribution in [0.4, 0.5) is 0 Å². The van der Waals surface area contributed by atoms with Gasteiger partial charge in [0.2, 0.25) is 5.28 Å². The molecular weight excluding hydrogens is 254 g/mol. The lowest BCUT2D eigenvalue weighted by atomic mass is 9.85. The topological polar surface area (TPSA) is 57.1 Å². The van der Waals surface area contributed by atoms with E-state index in [1.54, 1.807) is 0 Å². The Morgan fingerprint density at radius 2 is 1.89 bits per heavy atom. The van der Waals surface area contributed by atoms with Gasteiger partial charge in [-0.2, -0.15) is 9.97 Å². The Balaban J connectivity index is 2.09. The number of halogens is 1. The first-order chi connectivity index (χ1) is 8.72. The highest BCUT2D eigenvalue weighted by Gasteiger charge is 2.26. The molecule has 0 spiro atoms. The molecule has 0 aromatic carbocycles. The molecule has 1 fully saturated rings. The second-order valence-corrected chi connectivity index (χ2v) is 4.82. The van der Waals surface area contributed by atoms with Crippen molar-refractivity contribution in [2.75, 3.05) is 7.11 Å². The molecule has 18 heavy (non-hydrogen) atoms. The summed E-state index contributed by atoms with van der Waals surface area (Å²) in [6.45, 7) is 2.19. The van der Waals surface area contributed by atoms with Crippen molar-refractivity contribution < 1.29 is 9.47 Å². The molecule has 1 aromatic rings. The molecule has 1 aliphatic rings. The molecule has 100 valence electrons. The van der Waals surface area contributed by atoms with Crippen LogP contribution in [0.5, 0.6) is 12.0 Å². The van der Waals surface area contributed by atoms with Gasteiger partial charge in [0, 0.05) is 0 Å². The Bertz CT molecular complexity index is 403. The van der Waals surface area contributed by atoms with Gasteiger partial charge in [0.15, 0.2) is 0 Å². The normalized spacial score (nSPS) is 23.7. The molecule has 1 saturated carbocycles. The summed E-state index contributed by atoms with van der Waals surface area (Å²) in [5.41, 5.74) is 0. The van der Waals surface area contributed by atoms with Gasteiger partial charge in [-0.15, -0.1) is 4.98 Å². The third kappa shape index (κ3) is 3.22. The van der Waals surface area contributed by atoms with Crippen molar-refractivity contribution in [2.45, 2.75) is 45.1 Å². The summed E-state index contributed by atoms with van der Waals surface area (Å²) in [6, 6.07) is 0.450. The van der Waals surface area contributed by atoms with Crippen molar-refractivity contribution >= 4 is 11.6 Å². The fourth-order valence-electron chi connectivity index (χ4n) is 2.39. The molecule has 2 atom stereocenters. The predicted octanol–water partition coefficient (Wildman–Crippen LogP) is 2.88. The van der Waals surface area contributed by atoms with Crippen LogP contribution in [0, 0.1) is 5.92 Å². The predicted molar refractivity (Wildman–Crippen MR) is 68.1 cm³/mol. The Morgan fingerprint density at radius 1 is 1.17 bits per heavy atom. The van der Waals surface area contributed by atoms with Crippen LogP contribution in [-0.2, 0) is 0 Å². The minimum absolute atomic E-state index is 0.0979. The lowest BCUT2D eigenvalue weighted by Crippen LogP contribution is -2.30. The van der Waals surface area contributed by atoms with E-state index in [1.807, 2.05) is 0 Å². The van der Waals surface area contributed by atoms with Crippen molar-refractivity contribution in [3.63, 3.8) is 0 Å². The molecule has 0 N–H and O–H groups in total. The van der Waals surface area contributed by atoms with E-state index in [4.69, 9.17) is 21.1 Å². The van der Waals surface area contributed by atoms with Crippen molar-refractivity contribution in [3.8, 4) is 12.0 Å². The third-order valence-corrected chi connectivity index (χ3v) is 3.54. The molecule has 0 radical (unpaired) electrons. The molecule has 0 bridgehead atoms. The van der Waals surface area contributed by atoms with Crippen LogP contribution in [0.2, 0.25) is 5.28 Å². The molecule has 1 heterocycles. The van der Waals surface area contributed by atoms with Crippen LogP contribution in [0.25, 0.3) is 0 Å². The van der Waals surface area contributed by atoms with Crippen molar-refractivity contribution in [1.82, 2.24) is 15.0 Å². The lowest BCUT2D eigenvalue weighted by Gasteiger charge is -2.30. The van der Waals surface area contributed by atoms with Gasteiger partial charge in [0.05, 0.1) is 7.11 Å². The Hall–Kier alpha value is -1.10. The summed E-state index contributed by atoms with van der Waals surface area (Å²) < 4.78 is 10.8. The van der Waals surface area contributed by atoms with Gasteiger partial charge in [0.1, 0.15) is 6.10 Å². The molecule has 0 saturated heterocycles. The Morgan fingerprint density at radius 3 is 2.61 bits per heavy atom. The third-order valence-electron chi connectivity index (χ3n) is 3.37. The minimum atomic E-state index is 0.0979. The molecule has 5 nitrogen and oxygen atoms in total. The molecule has 2 rings (SSSR count). The van der Waals surface area contributed by atoms with Crippen molar-refractivity contribution in [3.05, 3.63) is 5.28 Å². The van der Waals surface area contributed by atoms with Gasteiger partial charge in [-0.1, -0.05) is 13.3 Å². The van der Waals surface area contributed by atoms with Crippen LogP contribution in [0.3, 0.4) is 0 Å². The number of aromatic nitrogens is 3. The summed E-state index contributed by atoms with van der Waals surface area (Å²) in [6.07, 6.45) is 6.01. The standard InChI is InChI=1S/C12H18ClN3O2/c1-3-8-6-4-5-7-9(8)18-12-15-10(13)14-11(16-12)17-2/h8-9H,3-7H2,1-2H3. The molecule has 0 aliphatic heterocycles. The molecule has 0 amide bonds. The van der Waals surface area contributed by atoms with E-state index in [2.05, 4.69) is 21.9 Å². The number of hydrogen-bond acceptors (Lipinski definition) is 5. The number of ether oxygens (including phenoxy) is 2. The van der Waals surface area contributed by atoms with E-state index in [-0.39, 0.29) is 23.4 Å². The zero-order chi connectivity index (χ0) is 13.0. The fourth-order valence-corrected chi connectivity index (χ4v) is 2.53.